The molecule has 2 rings (SSSR count). The zero-order chi connectivity index (χ0) is 18.0. The average molecular weight is 362 g/mol. The Kier molecular flexibility index (Phi) is 7.58. The summed E-state index contributed by atoms with van der Waals surface area (Å²) in [7, 11) is -4.58. The summed E-state index contributed by atoms with van der Waals surface area (Å²) >= 11 is 0. The summed E-state index contributed by atoms with van der Waals surface area (Å²) in [5.74, 6) is 0. The Hall–Kier alpha value is -1.25. The zero-order valence-electron chi connectivity index (χ0n) is 15.2. The summed E-state index contributed by atoms with van der Waals surface area (Å²) in [6.45, 7) is 2.56. The van der Waals surface area contributed by atoms with E-state index in [4.69, 9.17) is 4.52 Å². The van der Waals surface area contributed by atoms with Crippen molar-refractivity contribution in [2.45, 2.75) is 51.9 Å². The van der Waals surface area contributed by atoms with Crippen molar-refractivity contribution in [2.75, 3.05) is 6.61 Å². The average Bonchev–Trinajstić information content (AvgIpc) is 2.66. The van der Waals surface area contributed by atoms with Gasteiger partial charge in [0.15, 0.2) is 0 Å². The van der Waals surface area contributed by atoms with E-state index >= 15 is 0 Å². The van der Waals surface area contributed by atoms with Gasteiger partial charge in [0.2, 0.25) is 0 Å². The van der Waals surface area contributed by atoms with E-state index in [1.807, 2.05) is 36.4 Å². The second-order valence-corrected chi connectivity index (χ2v) is 9.76. The first-order valence-electron chi connectivity index (χ1n) is 9.35. The van der Waals surface area contributed by atoms with Gasteiger partial charge in [0.25, 0.3) is 0 Å². The Morgan fingerprint density at radius 3 is 1.60 bits per heavy atom. The van der Waals surface area contributed by atoms with Crippen LogP contribution in [0.25, 0.3) is 0 Å². The molecule has 0 saturated carbocycles. The fraction of sp³-hybridized carbons (Fsp3) is 0.429. The molecule has 138 valence electrons. The Balaban J connectivity index is 2.02. The van der Waals surface area contributed by atoms with Gasteiger partial charge in [-0.15, -0.1) is 0 Å². The fourth-order valence-electron chi connectivity index (χ4n) is 2.99. The van der Waals surface area contributed by atoms with E-state index in [1.54, 1.807) is 24.3 Å². The Morgan fingerprint density at radius 2 is 1.12 bits per heavy atom. The molecule has 0 aliphatic rings. The number of hydrogen-bond donors (Lipinski definition) is 2. The summed E-state index contributed by atoms with van der Waals surface area (Å²) in [4.78, 5) is 22.7. The Morgan fingerprint density at radius 1 is 0.680 bits per heavy atom. The fourth-order valence-corrected chi connectivity index (χ4v) is 5.48. The van der Waals surface area contributed by atoms with E-state index < -0.39 is 7.28 Å². The van der Waals surface area contributed by atoms with Crippen LogP contribution in [-0.4, -0.2) is 16.4 Å². The van der Waals surface area contributed by atoms with Gasteiger partial charge in [-0.05, 0) is 0 Å². The van der Waals surface area contributed by atoms with Crippen molar-refractivity contribution in [3.05, 3.63) is 60.7 Å². The van der Waals surface area contributed by atoms with Crippen molar-refractivity contribution in [1.29, 1.82) is 0 Å². The summed E-state index contributed by atoms with van der Waals surface area (Å²) < 4.78 is 5.86. The van der Waals surface area contributed by atoms with Gasteiger partial charge in [-0.1, -0.05) is 0 Å². The molecule has 25 heavy (non-hydrogen) atoms. The van der Waals surface area contributed by atoms with Crippen molar-refractivity contribution in [1.82, 2.24) is 0 Å². The molecule has 2 aromatic rings. The van der Waals surface area contributed by atoms with Crippen LogP contribution in [0.5, 0.6) is 0 Å². The summed E-state index contributed by atoms with van der Waals surface area (Å²) in [5.41, 5.74) is 0. The molecule has 0 unspecified atom stereocenters. The normalized spacial score (nSPS) is 13.3. The van der Waals surface area contributed by atoms with Gasteiger partial charge in [0, 0.05) is 0 Å². The van der Waals surface area contributed by atoms with Crippen molar-refractivity contribution in [3.8, 4) is 0 Å². The van der Waals surface area contributed by atoms with Crippen LogP contribution >= 0.6 is 7.28 Å². The topological polar surface area (TPSA) is 49.7 Å². The predicted octanol–water partition coefficient (Wildman–Crippen LogP) is 4.69. The summed E-state index contributed by atoms with van der Waals surface area (Å²) in [6, 6.07) is 17.9. The maximum atomic E-state index is 11.4. The minimum absolute atomic E-state index is 0.350. The van der Waals surface area contributed by atoms with Crippen LogP contribution in [0.3, 0.4) is 0 Å². The van der Waals surface area contributed by atoms with E-state index in [0.29, 0.717) is 17.2 Å². The molecule has 2 N–H and O–H groups in total. The maximum absolute atomic E-state index is 11.4. The standard InChI is InChI=1S/C21H31O3P/c1-2-3-4-5-6-7-14-19-24-25(22,23,20-15-10-8-11-16-20)21-17-12-9-13-18-21/h8-13,15-18,22-23H,2-7,14,19H2,1H3. The molecular weight excluding hydrogens is 331 g/mol. The van der Waals surface area contributed by atoms with Crippen LogP contribution in [-0.2, 0) is 4.52 Å². The molecule has 0 aromatic heterocycles. The third-order valence-corrected chi connectivity index (χ3v) is 7.66. The van der Waals surface area contributed by atoms with Crippen molar-refractivity contribution in [3.63, 3.8) is 0 Å². The van der Waals surface area contributed by atoms with Gasteiger partial charge in [-0.3, -0.25) is 0 Å². The third-order valence-electron chi connectivity index (χ3n) is 4.53. The van der Waals surface area contributed by atoms with E-state index in [0.717, 1.165) is 12.8 Å². The van der Waals surface area contributed by atoms with Gasteiger partial charge in [0.1, 0.15) is 0 Å². The minimum atomic E-state index is -4.58. The van der Waals surface area contributed by atoms with E-state index in [2.05, 4.69) is 6.92 Å². The quantitative estimate of drug-likeness (QED) is 0.450. The molecule has 0 amide bonds. The molecule has 2 aromatic carbocycles. The van der Waals surface area contributed by atoms with Crippen molar-refractivity contribution in [2.24, 2.45) is 0 Å². The summed E-state index contributed by atoms with van der Waals surface area (Å²) in [5, 5.41) is 0.894. The van der Waals surface area contributed by atoms with Crippen LogP contribution in [0, 0.1) is 0 Å². The first-order valence-corrected chi connectivity index (χ1v) is 11.4. The predicted molar refractivity (Wildman–Crippen MR) is 107 cm³/mol. The number of benzene rings is 2. The summed E-state index contributed by atoms with van der Waals surface area (Å²) in [6.07, 6.45) is 8.14. The van der Waals surface area contributed by atoms with Crippen molar-refractivity contribution < 1.29 is 14.3 Å². The monoisotopic (exact) mass is 362 g/mol. The molecule has 0 aliphatic carbocycles. The first-order chi connectivity index (χ1) is 12.1. The first kappa shape index (κ1) is 20.1. The number of rotatable bonds is 11. The molecule has 0 bridgehead atoms. The molecule has 0 saturated heterocycles. The molecule has 4 heteroatoms. The Labute approximate surface area is 151 Å². The van der Waals surface area contributed by atoms with Gasteiger partial charge >= 0.3 is 151 Å². The molecule has 0 atom stereocenters. The molecule has 0 heterocycles. The Bertz CT molecular complexity index is 570. The van der Waals surface area contributed by atoms with Crippen LogP contribution in [0.2, 0.25) is 0 Å². The molecule has 0 fully saturated rings. The van der Waals surface area contributed by atoms with Crippen LogP contribution < -0.4 is 10.6 Å². The number of unbranched alkanes of at least 4 members (excludes halogenated alkanes) is 6. The van der Waals surface area contributed by atoms with E-state index in [-0.39, 0.29) is 0 Å². The van der Waals surface area contributed by atoms with Gasteiger partial charge < -0.3 is 0 Å². The molecule has 0 radical (unpaired) electrons. The van der Waals surface area contributed by atoms with Crippen LogP contribution in [0.4, 0.5) is 0 Å². The van der Waals surface area contributed by atoms with E-state index in [1.165, 1.54) is 32.1 Å². The third kappa shape index (κ3) is 5.36. The molecule has 0 spiro atoms. The van der Waals surface area contributed by atoms with E-state index in [9.17, 15) is 9.79 Å². The van der Waals surface area contributed by atoms with Gasteiger partial charge in [-0.2, -0.15) is 0 Å². The van der Waals surface area contributed by atoms with Gasteiger partial charge in [0.05, 0.1) is 0 Å². The van der Waals surface area contributed by atoms with Gasteiger partial charge in [-0.25, -0.2) is 0 Å². The second-order valence-electron chi connectivity index (χ2n) is 6.57. The molecule has 0 aliphatic heterocycles. The zero-order valence-corrected chi connectivity index (χ0v) is 16.1. The SMILES string of the molecule is CCCCCCCCCOP(O)(O)(c1ccccc1)c1ccccc1. The van der Waals surface area contributed by atoms with Crippen LogP contribution in [0.15, 0.2) is 60.7 Å². The van der Waals surface area contributed by atoms with Crippen LogP contribution in [0.1, 0.15) is 51.9 Å². The molecular formula is C21H31O3P. The number of hydrogen-bond acceptors (Lipinski definition) is 3. The van der Waals surface area contributed by atoms with Crippen molar-refractivity contribution >= 4 is 17.9 Å². The second kappa shape index (κ2) is 9.45. The molecule has 3 nitrogen and oxygen atoms in total.